The lowest BCUT2D eigenvalue weighted by Gasteiger charge is -2.00. The van der Waals surface area contributed by atoms with Crippen molar-refractivity contribution in [1.29, 1.82) is 0 Å². The van der Waals surface area contributed by atoms with Crippen LogP contribution in [0, 0.1) is 20.8 Å². The molecule has 0 bridgehead atoms. The highest BCUT2D eigenvalue weighted by Crippen LogP contribution is 2.32. The Morgan fingerprint density at radius 2 is 1.85 bits per heavy atom. The maximum Gasteiger partial charge on any atom is 0.269 e. The van der Waals surface area contributed by atoms with Gasteiger partial charge in [0.15, 0.2) is 16.0 Å². The normalized spacial score (nSPS) is 10.9. The third-order valence-corrected chi connectivity index (χ3v) is 6.01. The highest BCUT2D eigenvalue weighted by atomic mass is 32.1. The number of aromatic amines is 1. The van der Waals surface area contributed by atoms with Crippen molar-refractivity contribution >= 4 is 33.7 Å². The van der Waals surface area contributed by atoms with Gasteiger partial charge in [-0.05, 0) is 20.8 Å². The molecule has 0 saturated carbocycles. The summed E-state index contributed by atoms with van der Waals surface area (Å²) in [6.07, 6.45) is 1.41. The third-order valence-electron chi connectivity index (χ3n) is 3.96. The Kier molecular flexibility index (Phi) is 4.54. The maximum absolute atomic E-state index is 12.7. The van der Waals surface area contributed by atoms with Crippen molar-refractivity contribution in [3.63, 3.8) is 0 Å². The molecule has 2 N–H and O–H groups in total. The van der Waals surface area contributed by atoms with Crippen molar-refractivity contribution in [2.45, 2.75) is 20.8 Å². The smallest absolute Gasteiger partial charge is 0.269 e. The highest BCUT2D eigenvalue weighted by molar-refractivity contribution is 7.18. The zero-order chi connectivity index (χ0) is 19.0. The summed E-state index contributed by atoms with van der Waals surface area (Å²) in [5.41, 5.74) is 3.77. The molecule has 0 atom stereocenters. The van der Waals surface area contributed by atoms with E-state index in [2.05, 4.69) is 42.6 Å². The minimum Gasteiger partial charge on any atom is -0.297 e. The Morgan fingerprint density at radius 1 is 1.07 bits per heavy atom. The molecule has 0 unspecified atom stereocenters. The molecule has 9 heteroatoms. The molecule has 27 heavy (non-hydrogen) atoms. The van der Waals surface area contributed by atoms with Gasteiger partial charge in [-0.3, -0.25) is 15.2 Å². The predicted octanol–water partition coefficient (Wildman–Crippen LogP) is 4.23. The second-order valence-electron chi connectivity index (χ2n) is 6.01. The van der Waals surface area contributed by atoms with E-state index in [4.69, 9.17) is 0 Å². The number of hydrogen-bond donors (Lipinski definition) is 2. The lowest BCUT2D eigenvalue weighted by molar-refractivity contribution is 0.103. The van der Waals surface area contributed by atoms with Crippen molar-refractivity contribution < 1.29 is 4.79 Å². The largest absolute Gasteiger partial charge is 0.297 e. The number of carbonyl (C=O) groups is 1. The number of aromatic nitrogens is 5. The Hall–Kier alpha value is -2.91. The van der Waals surface area contributed by atoms with E-state index in [0.717, 1.165) is 16.1 Å². The van der Waals surface area contributed by atoms with Crippen LogP contribution in [0.4, 0.5) is 5.13 Å². The number of nitrogens with one attached hydrogen (secondary N) is 2. The summed E-state index contributed by atoms with van der Waals surface area (Å²) in [5, 5.41) is 10.7. The summed E-state index contributed by atoms with van der Waals surface area (Å²) in [5.74, 6) is 0.328. The fraction of sp³-hybridized carbons (Fsp3) is 0.167. The quantitative estimate of drug-likeness (QED) is 0.538. The topological polar surface area (TPSA) is 96.5 Å². The van der Waals surface area contributed by atoms with Gasteiger partial charge in [0.1, 0.15) is 11.2 Å². The van der Waals surface area contributed by atoms with Gasteiger partial charge in [0.05, 0.1) is 11.4 Å². The summed E-state index contributed by atoms with van der Waals surface area (Å²) < 4.78 is 0. The number of nitrogens with zero attached hydrogens (tertiary/aromatic N) is 4. The first kappa shape index (κ1) is 17.5. The van der Waals surface area contributed by atoms with Crippen LogP contribution in [0.5, 0.6) is 0 Å². The van der Waals surface area contributed by atoms with Crippen molar-refractivity contribution in [3.05, 3.63) is 51.6 Å². The first-order chi connectivity index (χ1) is 13.0. The zero-order valence-electron chi connectivity index (χ0n) is 14.9. The van der Waals surface area contributed by atoms with E-state index in [-0.39, 0.29) is 5.91 Å². The SMILES string of the molecule is Cc1ccc(-c2nc(NC(=O)c3sc(-c4ncn[nH]4)nc3C)sc2C)cc1. The van der Waals surface area contributed by atoms with E-state index in [1.807, 2.05) is 26.0 Å². The van der Waals surface area contributed by atoms with Crippen LogP contribution in [0.2, 0.25) is 0 Å². The minimum absolute atomic E-state index is 0.222. The molecule has 7 nitrogen and oxygen atoms in total. The molecule has 3 aromatic heterocycles. The van der Waals surface area contributed by atoms with Crippen LogP contribution < -0.4 is 5.32 Å². The second kappa shape index (κ2) is 7.01. The van der Waals surface area contributed by atoms with Crippen LogP contribution in [-0.4, -0.2) is 31.1 Å². The van der Waals surface area contributed by atoms with Crippen LogP contribution in [0.15, 0.2) is 30.6 Å². The molecule has 0 radical (unpaired) electrons. The standard InChI is InChI=1S/C18H16N6OS2/c1-9-4-6-12(7-5-9)13-11(3)26-18(22-13)23-16(25)14-10(2)21-17(27-14)15-19-8-20-24-15/h4-8H,1-3H3,(H,19,20,24)(H,22,23,25). The fourth-order valence-electron chi connectivity index (χ4n) is 2.60. The van der Waals surface area contributed by atoms with Crippen LogP contribution in [-0.2, 0) is 0 Å². The van der Waals surface area contributed by atoms with Crippen molar-refractivity contribution in [2.75, 3.05) is 5.32 Å². The van der Waals surface area contributed by atoms with Gasteiger partial charge in [0.2, 0.25) is 0 Å². The molecule has 0 aliphatic heterocycles. The first-order valence-corrected chi connectivity index (χ1v) is 9.83. The number of H-pyrrole nitrogens is 1. The van der Waals surface area contributed by atoms with Gasteiger partial charge in [-0.15, -0.1) is 22.7 Å². The van der Waals surface area contributed by atoms with E-state index >= 15 is 0 Å². The molecule has 136 valence electrons. The van der Waals surface area contributed by atoms with Crippen molar-refractivity contribution in [1.82, 2.24) is 25.1 Å². The lowest BCUT2D eigenvalue weighted by atomic mass is 10.1. The number of aryl methyl sites for hydroxylation is 3. The van der Waals surface area contributed by atoms with Gasteiger partial charge in [0.25, 0.3) is 5.91 Å². The monoisotopic (exact) mass is 396 g/mol. The molecule has 1 aromatic carbocycles. The molecule has 1 amide bonds. The van der Waals surface area contributed by atoms with E-state index in [1.54, 1.807) is 6.92 Å². The van der Waals surface area contributed by atoms with Crippen LogP contribution in [0.1, 0.15) is 25.8 Å². The molecule has 0 saturated heterocycles. The summed E-state index contributed by atoms with van der Waals surface area (Å²) in [7, 11) is 0. The first-order valence-electron chi connectivity index (χ1n) is 8.20. The Labute approximate surface area is 163 Å². The van der Waals surface area contributed by atoms with Crippen molar-refractivity contribution in [3.8, 4) is 22.1 Å². The van der Waals surface area contributed by atoms with Crippen molar-refractivity contribution in [2.24, 2.45) is 0 Å². The Bertz CT molecular complexity index is 1100. The Balaban J connectivity index is 1.57. The number of carbonyl (C=O) groups excluding carboxylic acids is 1. The molecular formula is C18H16N6OS2. The van der Waals surface area contributed by atoms with Gasteiger partial charge >= 0.3 is 0 Å². The summed E-state index contributed by atoms with van der Waals surface area (Å²) in [4.78, 5) is 27.4. The second-order valence-corrected chi connectivity index (χ2v) is 8.21. The molecule has 0 fully saturated rings. The fourth-order valence-corrected chi connectivity index (χ4v) is 4.34. The van der Waals surface area contributed by atoms with E-state index in [1.165, 1.54) is 34.6 Å². The van der Waals surface area contributed by atoms with Crippen LogP contribution in [0.25, 0.3) is 22.1 Å². The van der Waals surface area contributed by atoms with E-state index < -0.39 is 0 Å². The molecule has 0 aliphatic rings. The van der Waals surface area contributed by atoms with Crippen LogP contribution in [0.3, 0.4) is 0 Å². The molecule has 4 aromatic rings. The predicted molar refractivity (Wildman–Crippen MR) is 107 cm³/mol. The maximum atomic E-state index is 12.7. The summed E-state index contributed by atoms with van der Waals surface area (Å²) >= 11 is 2.73. The molecule has 4 rings (SSSR count). The number of anilines is 1. The zero-order valence-corrected chi connectivity index (χ0v) is 16.5. The molecule has 3 heterocycles. The number of hydrogen-bond acceptors (Lipinski definition) is 7. The summed E-state index contributed by atoms with van der Waals surface area (Å²) in [6.45, 7) is 5.85. The van der Waals surface area contributed by atoms with Gasteiger partial charge in [0, 0.05) is 10.4 Å². The van der Waals surface area contributed by atoms with Gasteiger partial charge in [-0.1, -0.05) is 29.8 Å². The summed E-state index contributed by atoms with van der Waals surface area (Å²) in [6, 6.07) is 8.19. The molecule has 0 spiro atoms. The number of benzene rings is 1. The average Bonchev–Trinajstić information content (AvgIpc) is 3.36. The third kappa shape index (κ3) is 3.51. The molecule has 0 aliphatic carbocycles. The van der Waals surface area contributed by atoms with E-state index in [9.17, 15) is 4.79 Å². The van der Waals surface area contributed by atoms with Gasteiger partial charge in [-0.2, -0.15) is 5.10 Å². The average molecular weight is 397 g/mol. The van der Waals surface area contributed by atoms with E-state index in [0.29, 0.717) is 26.5 Å². The van der Waals surface area contributed by atoms with Gasteiger partial charge in [-0.25, -0.2) is 15.0 Å². The number of amides is 1. The number of rotatable bonds is 4. The molecular weight excluding hydrogens is 380 g/mol. The minimum atomic E-state index is -0.222. The Morgan fingerprint density at radius 3 is 2.56 bits per heavy atom. The van der Waals surface area contributed by atoms with Crippen LogP contribution >= 0.6 is 22.7 Å². The lowest BCUT2D eigenvalue weighted by Crippen LogP contribution is -2.11. The highest BCUT2D eigenvalue weighted by Gasteiger charge is 2.19. The van der Waals surface area contributed by atoms with Gasteiger partial charge < -0.3 is 0 Å². The number of thiazole rings is 2.